The minimum Gasteiger partial charge on any atom is -0.444 e. The van der Waals surface area contributed by atoms with E-state index in [0.717, 1.165) is 26.1 Å². The molecule has 19 heavy (non-hydrogen) atoms. The van der Waals surface area contributed by atoms with E-state index in [9.17, 15) is 4.79 Å². The van der Waals surface area contributed by atoms with Gasteiger partial charge in [0.05, 0.1) is 0 Å². The molecule has 1 unspecified atom stereocenters. The Balaban J connectivity index is 2.10. The van der Waals surface area contributed by atoms with Crippen LogP contribution in [0.2, 0.25) is 0 Å². The predicted octanol–water partition coefficient (Wildman–Crippen LogP) is 1.54. The summed E-state index contributed by atoms with van der Waals surface area (Å²) in [5, 5.41) is 3.53. The van der Waals surface area contributed by atoms with Gasteiger partial charge in [0, 0.05) is 26.2 Å². The summed E-state index contributed by atoms with van der Waals surface area (Å²) in [6.45, 7) is 9.64. The molecular formula is C14H29N3O2. The number of carbonyl (C=O) groups is 1. The molecule has 1 amide bonds. The molecule has 1 saturated heterocycles. The molecule has 1 aliphatic heterocycles. The van der Waals surface area contributed by atoms with Crippen LogP contribution in [0.5, 0.6) is 0 Å². The molecule has 1 heterocycles. The van der Waals surface area contributed by atoms with Gasteiger partial charge in [0.2, 0.25) is 0 Å². The number of hydrogen-bond donors (Lipinski definition) is 1. The van der Waals surface area contributed by atoms with Crippen molar-refractivity contribution in [3.8, 4) is 0 Å². The molecule has 1 fully saturated rings. The van der Waals surface area contributed by atoms with E-state index in [1.807, 2.05) is 20.8 Å². The van der Waals surface area contributed by atoms with E-state index in [2.05, 4.69) is 17.3 Å². The molecule has 1 aliphatic rings. The van der Waals surface area contributed by atoms with E-state index < -0.39 is 5.60 Å². The van der Waals surface area contributed by atoms with Crippen LogP contribution in [0.3, 0.4) is 0 Å². The molecular weight excluding hydrogens is 242 g/mol. The summed E-state index contributed by atoms with van der Waals surface area (Å²) in [6, 6.07) is 0.608. The van der Waals surface area contributed by atoms with Gasteiger partial charge in [0.1, 0.15) is 5.60 Å². The van der Waals surface area contributed by atoms with Crippen molar-refractivity contribution in [1.29, 1.82) is 0 Å². The maximum Gasteiger partial charge on any atom is 0.410 e. The molecule has 0 spiro atoms. The molecule has 0 aromatic rings. The Kier molecular flexibility index (Phi) is 6.07. The second-order valence-electron chi connectivity index (χ2n) is 6.46. The number of rotatable bonds is 5. The van der Waals surface area contributed by atoms with Crippen LogP contribution in [0.15, 0.2) is 0 Å². The van der Waals surface area contributed by atoms with Crippen molar-refractivity contribution in [2.75, 3.05) is 40.3 Å². The Morgan fingerprint density at radius 2 is 2.16 bits per heavy atom. The number of hydrogen-bond acceptors (Lipinski definition) is 4. The van der Waals surface area contributed by atoms with Crippen molar-refractivity contribution >= 4 is 6.09 Å². The SMILES string of the molecule is CN1CCC(NCCCN(C)C(=O)OC(C)(C)C)C1. The Morgan fingerprint density at radius 3 is 2.68 bits per heavy atom. The van der Waals surface area contributed by atoms with Crippen LogP contribution in [0, 0.1) is 0 Å². The van der Waals surface area contributed by atoms with Gasteiger partial charge in [0.25, 0.3) is 0 Å². The van der Waals surface area contributed by atoms with Gasteiger partial charge in [-0.15, -0.1) is 0 Å². The average molecular weight is 271 g/mol. The van der Waals surface area contributed by atoms with Gasteiger partial charge in [-0.05, 0) is 53.8 Å². The molecule has 0 bridgehead atoms. The zero-order valence-electron chi connectivity index (χ0n) is 13.0. The maximum absolute atomic E-state index is 11.7. The second-order valence-corrected chi connectivity index (χ2v) is 6.46. The third kappa shape index (κ3) is 6.78. The second kappa shape index (κ2) is 7.10. The fourth-order valence-corrected chi connectivity index (χ4v) is 2.16. The smallest absolute Gasteiger partial charge is 0.410 e. The third-order valence-electron chi connectivity index (χ3n) is 3.20. The fourth-order valence-electron chi connectivity index (χ4n) is 2.16. The Labute approximate surface area is 117 Å². The summed E-state index contributed by atoms with van der Waals surface area (Å²) in [7, 11) is 3.94. The molecule has 5 heteroatoms. The molecule has 1 atom stereocenters. The molecule has 0 aliphatic carbocycles. The summed E-state index contributed by atoms with van der Waals surface area (Å²) in [4.78, 5) is 15.7. The van der Waals surface area contributed by atoms with Crippen molar-refractivity contribution in [2.45, 2.75) is 45.3 Å². The Morgan fingerprint density at radius 1 is 1.47 bits per heavy atom. The van der Waals surface area contributed by atoms with Crippen LogP contribution in [0.4, 0.5) is 4.79 Å². The standard InChI is InChI=1S/C14H29N3O2/c1-14(2,3)19-13(18)17(5)9-6-8-15-12-7-10-16(4)11-12/h12,15H,6-11H2,1-5H3. The summed E-state index contributed by atoms with van der Waals surface area (Å²) >= 11 is 0. The first kappa shape index (κ1) is 16.2. The lowest BCUT2D eigenvalue weighted by atomic mass is 10.2. The minimum atomic E-state index is -0.419. The molecule has 5 nitrogen and oxygen atoms in total. The number of ether oxygens (including phenoxy) is 1. The monoisotopic (exact) mass is 271 g/mol. The van der Waals surface area contributed by atoms with Crippen LogP contribution in [0.1, 0.15) is 33.6 Å². The highest BCUT2D eigenvalue weighted by Crippen LogP contribution is 2.09. The summed E-state index contributed by atoms with van der Waals surface area (Å²) < 4.78 is 5.30. The van der Waals surface area contributed by atoms with E-state index in [1.165, 1.54) is 13.0 Å². The zero-order chi connectivity index (χ0) is 14.5. The van der Waals surface area contributed by atoms with Gasteiger partial charge in [-0.25, -0.2) is 4.79 Å². The van der Waals surface area contributed by atoms with E-state index in [1.54, 1.807) is 11.9 Å². The number of nitrogens with one attached hydrogen (secondary N) is 1. The Hall–Kier alpha value is -0.810. The normalized spacial score (nSPS) is 20.6. The van der Waals surface area contributed by atoms with Crippen LogP contribution in [-0.4, -0.2) is 67.8 Å². The van der Waals surface area contributed by atoms with Crippen LogP contribution in [0.25, 0.3) is 0 Å². The summed E-state index contributed by atoms with van der Waals surface area (Å²) in [5.74, 6) is 0. The lowest BCUT2D eigenvalue weighted by Gasteiger charge is -2.24. The maximum atomic E-state index is 11.7. The minimum absolute atomic E-state index is 0.243. The molecule has 1 rings (SSSR count). The van der Waals surface area contributed by atoms with Crippen molar-refractivity contribution in [3.63, 3.8) is 0 Å². The summed E-state index contributed by atoms with van der Waals surface area (Å²) in [6.07, 6.45) is 1.93. The van der Waals surface area contributed by atoms with Crippen LogP contribution < -0.4 is 5.32 Å². The fraction of sp³-hybridized carbons (Fsp3) is 0.929. The first-order valence-corrected chi connectivity index (χ1v) is 7.14. The topological polar surface area (TPSA) is 44.8 Å². The van der Waals surface area contributed by atoms with Gasteiger partial charge in [-0.1, -0.05) is 0 Å². The quantitative estimate of drug-likeness (QED) is 0.770. The van der Waals surface area contributed by atoms with E-state index >= 15 is 0 Å². The average Bonchev–Trinajstić information content (AvgIpc) is 2.68. The van der Waals surface area contributed by atoms with Gasteiger partial charge < -0.3 is 19.9 Å². The number of carbonyl (C=O) groups excluding carboxylic acids is 1. The van der Waals surface area contributed by atoms with Gasteiger partial charge >= 0.3 is 6.09 Å². The van der Waals surface area contributed by atoms with E-state index in [-0.39, 0.29) is 6.09 Å². The highest BCUT2D eigenvalue weighted by Gasteiger charge is 2.20. The van der Waals surface area contributed by atoms with Gasteiger partial charge in [-0.3, -0.25) is 0 Å². The number of likely N-dealkylation sites (N-methyl/N-ethyl adjacent to an activating group) is 1. The highest BCUT2D eigenvalue weighted by molar-refractivity contribution is 5.67. The first-order valence-electron chi connectivity index (χ1n) is 7.14. The van der Waals surface area contributed by atoms with E-state index in [0.29, 0.717) is 6.04 Å². The van der Waals surface area contributed by atoms with Crippen molar-refractivity contribution in [2.24, 2.45) is 0 Å². The van der Waals surface area contributed by atoms with Gasteiger partial charge in [-0.2, -0.15) is 0 Å². The zero-order valence-corrected chi connectivity index (χ0v) is 13.0. The molecule has 1 N–H and O–H groups in total. The lowest BCUT2D eigenvalue weighted by molar-refractivity contribution is 0.0297. The number of likely N-dealkylation sites (tertiary alicyclic amines) is 1. The van der Waals surface area contributed by atoms with Crippen molar-refractivity contribution in [3.05, 3.63) is 0 Å². The van der Waals surface area contributed by atoms with Crippen LogP contribution >= 0.6 is 0 Å². The molecule has 0 aromatic heterocycles. The van der Waals surface area contributed by atoms with Crippen molar-refractivity contribution < 1.29 is 9.53 Å². The lowest BCUT2D eigenvalue weighted by Crippen LogP contribution is -2.37. The van der Waals surface area contributed by atoms with Gasteiger partial charge in [0.15, 0.2) is 0 Å². The third-order valence-corrected chi connectivity index (χ3v) is 3.20. The summed E-state index contributed by atoms with van der Waals surface area (Å²) in [5.41, 5.74) is -0.419. The predicted molar refractivity (Wildman–Crippen MR) is 77.4 cm³/mol. The Bertz CT molecular complexity index is 289. The van der Waals surface area contributed by atoms with Crippen LogP contribution in [-0.2, 0) is 4.74 Å². The first-order chi connectivity index (χ1) is 8.78. The highest BCUT2D eigenvalue weighted by atomic mass is 16.6. The number of amides is 1. The molecule has 0 aromatic carbocycles. The van der Waals surface area contributed by atoms with Crippen molar-refractivity contribution in [1.82, 2.24) is 15.1 Å². The molecule has 0 saturated carbocycles. The largest absolute Gasteiger partial charge is 0.444 e. The van der Waals surface area contributed by atoms with E-state index in [4.69, 9.17) is 4.74 Å². The number of nitrogens with zero attached hydrogens (tertiary/aromatic N) is 2. The molecule has 0 radical (unpaired) electrons. The molecule has 112 valence electrons.